The van der Waals surface area contributed by atoms with E-state index in [0.717, 1.165) is 6.07 Å². The summed E-state index contributed by atoms with van der Waals surface area (Å²) in [5.41, 5.74) is 0.792. The van der Waals surface area contributed by atoms with Crippen molar-refractivity contribution in [2.75, 3.05) is 5.32 Å². The summed E-state index contributed by atoms with van der Waals surface area (Å²) < 4.78 is 39.6. The Morgan fingerprint density at radius 2 is 1.74 bits per heavy atom. The highest BCUT2D eigenvalue weighted by molar-refractivity contribution is 5.85. The van der Waals surface area contributed by atoms with E-state index in [1.807, 2.05) is 0 Å². The third-order valence-corrected chi connectivity index (χ3v) is 3.61. The predicted molar refractivity (Wildman–Crippen MR) is 96.2 cm³/mol. The van der Waals surface area contributed by atoms with Crippen LogP contribution in [-0.4, -0.2) is 25.0 Å². The summed E-state index contributed by atoms with van der Waals surface area (Å²) in [7, 11) is 0. The number of halogens is 4. The largest absolute Gasteiger partial charge is 0.508 e. The second kappa shape index (κ2) is 7.75. The molecule has 10 heteroatoms. The van der Waals surface area contributed by atoms with Gasteiger partial charge in [-0.25, -0.2) is 15.0 Å². The van der Waals surface area contributed by atoms with Crippen molar-refractivity contribution in [2.24, 2.45) is 0 Å². The first-order valence-corrected chi connectivity index (χ1v) is 7.54. The fraction of sp³-hybridized carbons (Fsp3) is 0.176. The maximum absolute atomic E-state index is 13.2. The molecule has 0 radical (unpaired) electrons. The summed E-state index contributed by atoms with van der Waals surface area (Å²) in [6.07, 6.45) is -0.607. The molecule has 0 saturated carbocycles. The molecule has 0 aliphatic heterocycles. The average Bonchev–Trinajstić information content (AvgIpc) is 2.59. The minimum atomic E-state index is -4.64. The van der Waals surface area contributed by atoms with E-state index < -0.39 is 11.9 Å². The fourth-order valence-corrected chi connectivity index (χ4v) is 2.26. The van der Waals surface area contributed by atoms with Crippen LogP contribution in [0, 0.1) is 13.8 Å². The molecule has 0 unspecified atom stereocenters. The van der Waals surface area contributed by atoms with Gasteiger partial charge in [-0.15, -0.1) is 12.4 Å². The summed E-state index contributed by atoms with van der Waals surface area (Å²) in [6, 6.07) is 3.97. The van der Waals surface area contributed by atoms with Gasteiger partial charge in [-0.1, -0.05) is 0 Å². The first kappa shape index (κ1) is 20.4. The van der Waals surface area contributed by atoms with Crippen LogP contribution in [0.15, 0.2) is 36.8 Å². The number of nitrogens with zero attached hydrogens (tertiary/aromatic N) is 4. The van der Waals surface area contributed by atoms with Gasteiger partial charge in [-0.3, -0.25) is 4.98 Å². The number of hydrogen-bond donors (Lipinski definition) is 2. The van der Waals surface area contributed by atoms with Crippen LogP contribution in [0.3, 0.4) is 0 Å². The minimum Gasteiger partial charge on any atom is -0.508 e. The lowest BCUT2D eigenvalue weighted by Gasteiger charge is -2.14. The maximum Gasteiger partial charge on any atom is 0.433 e. The zero-order valence-electron chi connectivity index (χ0n) is 14.2. The Kier molecular flexibility index (Phi) is 5.85. The summed E-state index contributed by atoms with van der Waals surface area (Å²) in [6.45, 7) is 3.41. The molecule has 3 rings (SSSR count). The molecule has 0 fully saturated rings. The Bertz CT molecular complexity index is 951. The van der Waals surface area contributed by atoms with Gasteiger partial charge < -0.3 is 10.4 Å². The van der Waals surface area contributed by atoms with E-state index in [9.17, 15) is 18.3 Å². The van der Waals surface area contributed by atoms with E-state index in [0.29, 0.717) is 16.8 Å². The van der Waals surface area contributed by atoms with E-state index in [2.05, 4.69) is 25.3 Å². The zero-order chi connectivity index (χ0) is 18.9. The number of nitrogens with one attached hydrogen (secondary N) is 1. The monoisotopic (exact) mass is 397 g/mol. The van der Waals surface area contributed by atoms with Crippen molar-refractivity contribution in [2.45, 2.75) is 20.0 Å². The molecule has 6 nitrogen and oxygen atoms in total. The molecule has 3 aromatic rings. The smallest absolute Gasteiger partial charge is 0.433 e. The second-order valence-electron chi connectivity index (χ2n) is 5.63. The molecule has 1 aromatic carbocycles. The zero-order valence-corrected chi connectivity index (χ0v) is 15.1. The predicted octanol–water partition coefficient (Wildman–Crippen LogP) is 4.44. The normalized spacial score (nSPS) is 11.0. The van der Waals surface area contributed by atoms with Crippen molar-refractivity contribution in [1.29, 1.82) is 0 Å². The molecule has 0 amide bonds. The van der Waals surface area contributed by atoms with Gasteiger partial charge in [0.2, 0.25) is 0 Å². The summed E-state index contributed by atoms with van der Waals surface area (Å²) >= 11 is 0. The number of aromatic hydroxyl groups is 1. The van der Waals surface area contributed by atoms with Gasteiger partial charge in [-0.05, 0) is 37.1 Å². The Morgan fingerprint density at radius 3 is 2.37 bits per heavy atom. The first-order valence-electron chi connectivity index (χ1n) is 7.54. The standard InChI is InChI=1S/C17H14F3N5O.ClH/c1-9-6-13(26)10(2)5-11(9)23-15-7-14(17(18,19)20)24-16(25-15)12-8-21-3-4-22-12;/h3-8,26H,1-2H3,(H,23,24,25);1H. The number of rotatable bonds is 3. The van der Waals surface area contributed by atoms with Crippen LogP contribution in [0.5, 0.6) is 5.75 Å². The summed E-state index contributed by atoms with van der Waals surface area (Å²) in [5.74, 6) is -0.128. The third-order valence-electron chi connectivity index (χ3n) is 3.61. The van der Waals surface area contributed by atoms with E-state index in [1.165, 1.54) is 24.7 Å². The second-order valence-corrected chi connectivity index (χ2v) is 5.63. The molecular weight excluding hydrogens is 383 g/mol. The number of phenolic OH excluding ortho intramolecular Hbond substituents is 1. The highest BCUT2D eigenvalue weighted by Gasteiger charge is 2.34. The van der Waals surface area contributed by atoms with Crippen molar-refractivity contribution in [3.05, 3.63) is 53.6 Å². The number of aryl methyl sites for hydroxylation is 2. The van der Waals surface area contributed by atoms with Crippen molar-refractivity contribution in [3.8, 4) is 17.3 Å². The fourth-order valence-electron chi connectivity index (χ4n) is 2.26. The number of anilines is 2. The van der Waals surface area contributed by atoms with E-state index >= 15 is 0 Å². The Hall–Kier alpha value is -2.94. The molecule has 27 heavy (non-hydrogen) atoms. The van der Waals surface area contributed by atoms with Crippen LogP contribution in [0.2, 0.25) is 0 Å². The van der Waals surface area contributed by atoms with E-state index in [4.69, 9.17) is 0 Å². The molecule has 2 aromatic heterocycles. The quantitative estimate of drug-likeness (QED) is 0.636. The lowest BCUT2D eigenvalue weighted by molar-refractivity contribution is -0.141. The Balaban J connectivity index is 0.00000261. The van der Waals surface area contributed by atoms with E-state index in [1.54, 1.807) is 19.9 Å². The van der Waals surface area contributed by atoms with Gasteiger partial charge in [0, 0.05) is 24.1 Å². The number of phenols is 1. The van der Waals surface area contributed by atoms with Crippen molar-refractivity contribution in [1.82, 2.24) is 19.9 Å². The molecule has 0 bridgehead atoms. The van der Waals surface area contributed by atoms with Crippen LogP contribution in [0.1, 0.15) is 16.8 Å². The molecule has 142 valence electrons. The molecular formula is C17H15ClF3N5O. The molecule has 0 spiro atoms. The Morgan fingerprint density at radius 1 is 1.00 bits per heavy atom. The number of hydrogen-bond acceptors (Lipinski definition) is 6. The van der Waals surface area contributed by atoms with Crippen LogP contribution in [0.25, 0.3) is 11.5 Å². The van der Waals surface area contributed by atoms with Gasteiger partial charge in [0.1, 0.15) is 17.3 Å². The van der Waals surface area contributed by atoms with Crippen molar-refractivity contribution < 1.29 is 18.3 Å². The van der Waals surface area contributed by atoms with Crippen LogP contribution >= 0.6 is 12.4 Å². The van der Waals surface area contributed by atoms with Gasteiger partial charge >= 0.3 is 6.18 Å². The summed E-state index contributed by atoms with van der Waals surface area (Å²) in [4.78, 5) is 15.4. The lowest BCUT2D eigenvalue weighted by atomic mass is 10.1. The van der Waals surface area contributed by atoms with E-state index in [-0.39, 0.29) is 35.5 Å². The molecule has 0 aliphatic carbocycles. The average molecular weight is 398 g/mol. The molecule has 0 aliphatic rings. The van der Waals surface area contributed by atoms with Crippen molar-refractivity contribution in [3.63, 3.8) is 0 Å². The Labute approximate surface area is 159 Å². The maximum atomic E-state index is 13.2. The summed E-state index contributed by atoms with van der Waals surface area (Å²) in [5, 5.41) is 12.6. The highest BCUT2D eigenvalue weighted by Crippen LogP contribution is 2.32. The third kappa shape index (κ3) is 4.62. The van der Waals surface area contributed by atoms with Crippen LogP contribution < -0.4 is 5.32 Å². The lowest BCUT2D eigenvalue weighted by Crippen LogP contribution is -2.11. The number of benzene rings is 1. The topological polar surface area (TPSA) is 83.8 Å². The first-order chi connectivity index (χ1) is 12.2. The number of aromatic nitrogens is 4. The van der Waals surface area contributed by atoms with Crippen molar-refractivity contribution >= 4 is 23.9 Å². The molecule has 2 N–H and O–H groups in total. The highest BCUT2D eigenvalue weighted by atomic mass is 35.5. The van der Waals surface area contributed by atoms with Gasteiger partial charge in [0.05, 0.1) is 6.20 Å². The SMILES string of the molecule is Cc1cc(Nc2cc(C(F)(F)F)nc(-c3cnccn3)n2)c(C)cc1O.Cl. The van der Waals surface area contributed by atoms with Gasteiger partial charge in [0.25, 0.3) is 0 Å². The van der Waals surface area contributed by atoms with Gasteiger partial charge in [-0.2, -0.15) is 13.2 Å². The molecule has 0 atom stereocenters. The number of alkyl halides is 3. The minimum absolute atomic E-state index is 0. The molecule has 0 saturated heterocycles. The van der Waals surface area contributed by atoms with Crippen LogP contribution in [-0.2, 0) is 6.18 Å². The molecule has 2 heterocycles. The van der Waals surface area contributed by atoms with Crippen LogP contribution in [0.4, 0.5) is 24.7 Å². The van der Waals surface area contributed by atoms with Gasteiger partial charge in [0.15, 0.2) is 11.5 Å².